The number of carbonyl (C=O) groups is 3. The van der Waals surface area contributed by atoms with Gasteiger partial charge in [0.1, 0.15) is 18.2 Å². The largest absolute Gasteiger partial charge is 0.444 e. The van der Waals surface area contributed by atoms with Gasteiger partial charge in [-0.25, -0.2) is 4.79 Å². The topological polar surface area (TPSA) is 87.7 Å². The molecule has 1 unspecified atom stereocenters. The number of carbonyl (C=O) groups excluding carboxylic acids is 3. The van der Waals surface area contributed by atoms with Crippen LogP contribution in [0, 0.1) is 6.92 Å². The van der Waals surface area contributed by atoms with Crippen LogP contribution in [0.3, 0.4) is 0 Å². The van der Waals surface area contributed by atoms with Gasteiger partial charge in [0, 0.05) is 12.6 Å². The Morgan fingerprint density at radius 3 is 2.34 bits per heavy atom. The Labute approximate surface area is 174 Å². The number of rotatable bonds is 8. The van der Waals surface area contributed by atoms with E-state index in [-0.39, 0.29) is 24.4 Å². The minimum absolute atomic E-state index is 0.0618. The lowest BCUT2D eigenvalue weighted by Gasteiger charge is -2.32. The summed E-state index contributed by atoms with van der Waals surface area (Å²) in [5, 5.41) is 5.40. The highest BCUT2D eigenvalue weighted by molar-refractivity contribution is 5.90. The smallest absolute Gasteiger partial charge is 0.408 e. The van der Waals surface area contributed by atoms with Crippen molar-refractivity contribution in [2.24, 2.45) is 0 Å². The highest BCUT2D eigenvalue weighted by Crippen LogP contribution is 2.23. The van der Waals surface area contributed by atoms with Gasteiger partial charge in [0.15, 0.2) is 0 Å². The molecule has 7 heteroatoms. The lowest BCUT2D eigenvalue weighted by molar-refractivity contribution is -0.140. The first-order valence-corrected chi connectivity index (χ1v) is 10.1. The maximum atomic E-state index is 13.0. The summed E-state index contributed by atoms with van der Waals surface area (Å²) in [5.74, 6) is -0.590. The molecule has 1 aromatic carbocycles. The van der Waals surface area contributed by atoms with Crippen LogP contribution in [0.5, 0.6) is 0 Å². The highest BCUT2D eigenvalue weighted by atomic mass is 16.6. The summed E-state index contributed by atoms with van der Waals surface area (Å²) in [4.78, 5) is 39.4. The molecule has 2 N–H and O–H groups in total. The van der Waals surface area contributed by atoms with Crippen LogP contribution in [0.1, 0.15) is 65.1 Å². The summed E-state index contributed by atoms with van der Waals surface area (Å²) in [6, 6.07) is 6.72. The third kappa shape index (κ3) is 8.54. The lowest BCUT2D eigenvalue weighted by atomic mass is 10.0. The maximum Gasteiger partial charge on any atom is 0.408 e. The number of alkyl carbamates (subject to hydrolysis) is 1. The van der Waals surface area contributed by atoms with Crippen molar-refractivity contribution in [3.8, 4) is 0 Å². The zero-order valence-electron chi connectivity index (χ0n) is 18.7. The fourth-order valence-corrected chi connectivity index (χ4v) is 2.88. The number of ether oxygens (including phenoxy) is 1. The second kappa shape index (κ2) is 10.8. The fourth-order valence-electron chi connectivity index (χ4n) is 2.88. The van der Waals surface area contributed by atoms with Crippen LogP contribution in [0.2, 0.25) is 0 Å². The van der Waals surface area contributed by atoms with E-state index < -0.39 is 17.7 Å². The van der Waals surface area contributed by atoms with Gasteiger partial charge in [-0.05, 0) is 53.5 Å². The zero-order valence-corrected chi connectivity index (χ0v) is 18.7. The van der Waals surface area contributed by atoms with Crippen LogP contribution >= 0.6 is 0 Å². The summed E-state index contributed by atoms with van der Waals surface area (Å²) in [7, 11) is 0. The molecule has 0 aliphatic heterocycles. The number of aryl methyl sites for hydroxylation is 1. The summed E-state index contributed by atoms with van der Waals surface area (Å²) in [6.07, 6.45) is 0.0103. The Morgan fingerprint density at radius 2 is 1.83 bits per heavy atom. The number of hydrogen-bond acceptors (Lipinski definition) is 4. The lowest BCUT2D eigenvalue weighted by Crippen LogP contribution is -2.49. The first-order valence-electron chi connectivity index (χ1n) is 10.1. The molecule has 0 fully saturated rings. The number of benzene rings is 1. The molecule has 0 aliphatic carbocycles. The monoisotopic (exact) mass is 405 g/mol. The summed E-state index contributed by atoms with van der Waals surface area (Å²) in [6.45, 7) is 13.0. The quantitative estimate of drug-likeness (QED) is 0.694. The fraction of sp³-hybridized carbons (Fsp3) is 0.591. The predicted octanol–water partition coefficient (Wildman–Crippen LogP) is 3.32. The number of nitrogens with one attached hydrogen (secondary N) is 2. The van der Waals surface area contributed by atoms with Crippen molar-refractivity contribution in [2.45, 2.75) is 72.6 Å². The van der Waals surface area contributed by atoms with Crippen LogP contribution in [0.25, 0.3) is 0 Å². The molecule has 1 aromatic rings. The van der Waals surface area contributed by atoms with Gasteiger partial charge in [0.05, 0.1) is 0 Å². The van der Waals surface area contributed by atoms with Crippen molar-refractivity contribution >= 4 is 17.9 Å². The molecule has 0 heterocycles. The normalized spacial score (nSPS) is 12.3. The zero-order chi connectivity index (χ0) is 22.2. The molecule has 0 bridgehead atoms. The molecule has 29 heavy (non-hydrogen) atoms. The number of hydrogen-bond donors (Lipinski definition) is 2. The SMILES string of the molecule is CCCN(C(=O)CNC(=O)OC(C)(C)C)C(C(=O)NC(C)C)c1cccc(C)c1. The third-order valence-corrected chi connectivity index (χ3v) is 3.92. The van der Waals surface area contributed by atoms with Crippen molar-refractivity contribution < 1.29 is 19.1 Å². The molecule has 0 radical (unpaired) electrons. The second-order valence-electron chi connectivity index (χ2n) is 8.42. The van der Waals surface area contributed by atoms with Crippen LogP contribution in [-0.2, 0) is 14.3 Å². The van der Waals surface area contributed by atoms with Crippen molar-refractivity contribution in [3.63, 3.8) is 0 Å². The van der Waals surface area contributed by atoms with Gasteiger partial charge in [-0.15, -0.1) is 0 Å². The van der Waals surface area contributed by atoms with Crippen molar-refractivity contribution in [1.82, 2.24) is 15.5 Å². The minimum Gasteiger partial charge on any atom is -0.444 e. The molecule has 1 atom stereocenters. The molecule has 7 nitrogen and oxygen atoms in total. The second-order valence-corrected chi connectivity index (χ2v) is 8.42. The van der Waals surface area contributed by atoms with E-state index in [1.807, 2.05) is 52.0 Å². The summed E-state index contributed by atoms with van der Waals surface area (Å²) in [5.41, 5.74) is 1.08. The van der Waals surface area contributed by atoms with Crippen molar-refractivity contribution in [3.05, 3.63) is 35.4 Å². The molecule has 0 saturated carbocycles. The first kappa shape index (κ1) is 24.5. The van der Waals surface area contributed by atoms with Crippen LogP contribution < -0.4 is 10.6 Å². The van der Waals surface area contributed by atoms with E-state index in [4.69, 9.17) is 4.74 Å². The van der Waals surface area contributed by atoms with Gasteiger partial charge in [-0.1, -0.05) is 36.8 Å². The van der Waals surface area contributed by atoms with Crippen molar-refractivity contribution in [1.29, 1.82) is 0 Å². The number of amides is 3. The Kier molecular flexibility index (Phi) is 9.14. The standard InChI is InChI=1S/C22H35N3O4/c1-8-12-25(18(26)14-23-21(28)29-22(5,6)7)19(20(27)24-15(2)3)17-11-9-10-16(4)13-17/h9-11,13,15,19H,8,12,14H2,1-7H3,(H,23,28)(H,24,27). The highest BCUT2D eigenvalue weighted by Gasteiger charge is 2.31. The number of nitrogens with zero attached hydrogens (tertiary/aromatic N) is 1. The Balaban J connectivity index is 3.10. The van der Waals surface area contributed by atoms with Gasteiger partial charge in [-0.3, -0.25) is 9.59 Å². The summed E-state index contributed by atoms with van der Waals surface area (Å²) >= 11 is 0. The van der Waals surface area contributed by atoms with Crippen LogP contribution in [-0.4, -0.2) is 47.5 Å². The van der Waals surface area contributed by atoms with Gasteiger partial charge in [0.2, 0.25) is 11.8 Å². The van der Waals surface area contributed by atoms with Gasteiger partial charge < -0.3 is 20.3 Å². The molecular formula is C22H35N3O4. The van der Waals surface area contributed by atoms with E-state index in [1.54, 1.807) is 20.8 Å². The Morgan fingerprint density at radius 1 is 1.17 bits per heavy atom. The molecule has 0 saturated heterocycles. The van der Waals surface area contributed by atoms with Crippen LogP contribution in [0.4, 0.5) is 4.79 Å². The summed E-state index contributed by atoms with van der Waals surface area (Å²) < 4.78 is 5.19. The Hall–Kier alpha value is -2.57. The first-order chi connectivity index (χ1) is 13.4. The van der Waals surface area contributed by atoms with Crippen molar-refractivity contribution in [2.75, 3.05) is 13.1 Å². The van der Waals surface area contributed by atoms with E-state index in [2.05, 4.69) is 10.6 Å². The minimum atomic E-state index is -0.773. The van der Waals surface area contributed by atoms with Crippen LogP contribution in [0.15, 0.2) is 24.3 Å². The molecule has 0 aliphatic rings. The van der Waals surface area contributed by atoms with E-state index in [0.717, 1.165) is 11.1 Å². The van der Waals surface area contributed by atoms with E-state index in [1.165, 1.54) is 4.90 Å². The van der Waals surface area contributed by atoms with Gasteiger partial charge >= 0.3 is 6.09 Å². The van der Waals surface area contributed by atoms with E-state index in [9.17, 15) is 14.4 Å². The maximum absolute atomic E-state index is 13.0. The average Bonchev–Trinajstić information content (AvgIpc) is 2.57. The van der Waals surface area contributed by atoms with Gasteiger partial charge in [0.25, 0.3) is 0 Å². The predicted molar refractivity (Wildman–Crippen MR) is 113 cm³/mol. The average molecular weight is 406 g/mol. The molecule has 1 rings (SSSR count). The van der Waals surface area contributed by atoms with E-state index in [0.29, 0.717) is 13.0 Å². The molecular weight excluding hydrogens is 370 g/mol. The van der Waals surface area contributed by atoms with Gasteiger partial charge in [-0.2, -0.15) is 0 Å². The molecule has 162 valence electrons. The Bertz CT molecular complexity index is 710. The van der Waals surface area contributed by atoms with E-state index >= 15 is 0 Å². The molecule has 3 amide bonds. The molecule has 0 aromatic heterocycles. The third-order valence-electron chi connectivity index (χ3n) is 3.92. The molecule has 0 spiro atoms.